The first kappa shape index (κ1) is 22.3. The van der Waals surface area contributed by atoms with Gasteiger partial charge in [-0.25, -0.2) is 8.42 Å². The predicted octanol–water partition coefficient (Wildman–Crippen LogP) is 3.01. The molecule has 3 aromatic rings. The molecule has 1 N–H and O–H groups in total. The van der Waals surface area contributed by atoms with E-state index in [1.807, 2.05) is 30.3 Å². The number of fused-ring (bicyclic) bond motifs is 1. The monoisotopic (exact) mass is 487 g/mol. The predicted molar refractivity (Wildman–Crippen MR) is 129 cm³/mol. The molecule has 2 aliphatic rings. The van der Waals surface area contributed by atoms with Crippen molar-refractivity contribution in [2.45, 2.75) is 4.90 Å². The van der Waals surface area contributed by atoms with Crippen molar-refractivity contribution in [1.82, 2.24) is 4.31 Å². The van der Waals surface area contributed by atoms with E-state index in [9.17, 15) is 13.2 Å². The Balaban J connectivity index is 1.49. The normalized spacial score (nSPS) is 17.9. The summed E-state index contributed by atoms with van der Waals surface area (Å²) in [4.78, 5) is 16.0. The third kappa shape index (κ3) is 4.62. The molecule has 5 rings (SSSR count). The Hall–Kier alpha value is -2.50. The van der Waals surface area contributed by atoms with Crippen LogP contribution in [0.2, 0.25) is 0 Å². The fourth-order valence-electron chi connectivity index (χ4n) is 4.07. The van der Waals surface area contributed by atoms with E-state index in [0.717, 1.165) is 15.8 Å². The van der Waals surface area contributed by atoms with Crippen LogP contribution in [0.4, 0.5) is 11.4 Å². The summed E-state index contributed by atoms with van der Waals surface area (Å²) < 4.78 is 39.7. The maximum atomic E-state index is 13.2. The number of sulfonamides is 1. The van der Waals surface area contributed by atoms with Gasteiger partial charge in [-0.2, -0.15) is 4.31 Å². The van der Waals surface area contributed by atoms with Crippen LogP contribution in [0.5, 0.6) is 0 Å². The van der Waals surface area contributed by atoms with E-state index in [1.54, 1.807) is 18.2 Å². The SMILES string of the molecule is O=C(Nc1cc(S(=O)(=O)N2CCOCC2)ccc1N1CCOCC1)c1cc2ccccc2s1. The van der Waals surface area contributed by atoms with Crippen molar-refractivity contribution in [3.05, 3.63) is 53.4 Å². The third-order valence-electron chi connectivity index (χ3n) is 5.83. The molecular weight excluding hydrogens is 462 g/mol. The molecule has 0 aliphatic carbocycles. The van der Waals surface area contributed by atoms with E-state index >= 15 is 0 Å². The minimum Gasteiger partial charge on any atom is -0.379 e. The van der Waals surface area contributed by atoms with E-state index < -0.39 is 10.0 Å². The van der Waals surface area contributed by atoms with Gasteiger partial charge in [0.1, 0.15) is 0 Å². The highest BCUT2D eigenvalue weighted by molar-refractivity contribution is 7.89. The molecular formula is C23H25N3O5S2. The quantitative estimate of drug-likeness (QED) is 0.595. The van der Waals surface area contributed by atoms with Crippen LogP contribution in [0.25, 0.3) is 10.1 Å². The Kier molecular flexibility index (Phi) is 6.35. The molecule has 0 spiro atoms. The highest BCUT2D eigenvalue weighted by Crippen LogP contribution is 2.33. The van der Waals surface area contributed by atoms with E-state index in [2.05, 4.69) is 10.2 Å². The molecule has 2 saturated heterocycles. The summed E-state index contributed by atoms with van der Waals surface area (Å²) in [5.41, 5.74) is 1.27. The van der Waals surface area contributed by atoms with Crippen LogP contribution in [-0.2, 0) is 19.5 Å². The number of anilines is 2. The number of hydrogen-bond donors (Lipinski definition) is 1. The van der Waals surface area contributed by atoms with Gasteiger partial charge in [-0.1, -0.05) is 18.2 Å². The van der Waals surface area contributed by atoms with Crippen molar-refractivity contribution in [3.63, 3.8) is 0 Å². The fraction of sp³-hybridized carbons (Fsp3) is 0.348. The highest BCUT2D eigenvalue weighted by Gasteiger charge is 2.28. The molecule has 3 heterocycles. The number of nitrogens with zero attached hydrogens (tertiary/aromatic N) is 2. The molecule has 2 aliphatic heterocycles. The third-order valence-corrected chi connectivity index (χ3v) is 8.83. The zero-order chi connectivity index (χ0) is 22.8. The summed E-state index contributed by atoms with van der Waals surface area (Å²) in [5.74, 6) is -0.258. The van der Waals surface area contributed by atoms with Crippen LogP contribution < -0.4 is 10.2 Å². The van der Waals surface area contributed by atoms with Crippen LogP contribution >= 0.6 is 11.3 Å². The Bertz CT molecular complexity index is 1230. The second-order valence-electron chi connectivity index (χ2n) is 7.90. The Morgan fingerprint density at radius 3 is 2.33 bits per heavy atom. The molecule has 1 aromatic heterocycles. The number of nitrogens with one attached hydrogen (secondary N) is 1. The molecule has 0 unspecified atom stereocenters. The zero-order valence-corrected chi connectivity index (χ0v) is 19.7. The molecule has 0 radical (unpaired) electrons. The van der Waals surface area contributed by atoms with Gasteiger partial charge in [0.15, 0.2) is 0 Å². The van der Waals surface area contributed by atoms with Gasteiger partial charge >= 0.3 is 0 Å². The van der Waals surface area contributed by atoms with Crippen molar-refractivity contribution in [2.75, 3.05) is 62.8 Å². The number of benzene rings is 2. The van der Waals surface area contributed by atoms with Crippen molar-refractivity contribution in [2.24, 2.45) is 0 Å². The molecule has 10 heteroatoms. The van der Waals surface area contributed by atoms with Crippen molar-refractivity contribution < 1.29 is 22.7 Å². The van der Waals surface area contributed by atoms with Crippen LogP contribution in [0.15, 0.2) is 53.4 Å². The minimum atomic E-state index is -3.69. The highest BCUT2D eigenvalue weighted by atomic mass is 32.2. The molecule has 0 saturated carbocycles. The molecule has 0 atom stereocenters. The van der Waals surface area contributed by atoms with Crippen LogP contribution in [-0.4, -0.2) is 71.2 Å². The lowest BCUT2D eigenvalue weighted by atomic mass is 10.2. The van der Waals surface area contributed by atoms with Crippen LogP contribution in [0.1, 0.15) is 9.67 Å². The average molecular weight is 488 g/mol. The fourth-order valence-corrected chi connectivity index (χ4v) is 6.46. The van der Waals surface area contributed by atoms with Crippen molar-refractivity contribution >= 4 is 48.7 Å². The van der Waals surface area contributed by atoms with Gasteiger partial charge in [-0.05, 0) is 35.7 Å². The molecule has 2 fully saturated rings. The molecule has 0 bridgehead atoms. The Morgan fingerprint density at radius 1 is 0.909 bits per heavy atom. The molecule has 174 valence electrons. The summed E-state index contributed by atoms with van der Waals surface area (Å²) in [6.45, 7) is 3.88. The summed E-state index contributed by atoms with van der Waals surface area (Å²) in [7, 11) is -3.69. The van der Waals surface area contributed by atoms with Crippen LogP contribution in [0.3, 0.4) is 0 Å². The number of amides is 1. The summed E-state index contributed by atoms with van der Waals surface area (Å²) in [5, 5.41) is 3.99. The number of carbonyl (C=O) groups excluding carboxylic acids is 1. The maximum absolute atomic E-state index is 13.2. The maximum Gasteiger partial charge on any atom is 0.265 e. The number of rotatable bonds is 5. The molecule has 1 amide bonds. The minimum absolute atomic E-state index is 0.160. The smallest absolute Gasteiger partial charge is 0.265 e. The number of ether oxygens (including phenoxy) is 2. The molecule has 8 nitrogen and oxygen atoms in total. The van der Waals surface area contributed by atoms with Gasteiger partial charge in [0.25, 0.3) is 5.91 Å². The number of carbonyl (C=O) groups is 1. The van der Waals surface area contributed by atoms with E-state index in [4.69, 9.17) is 9.47 Å². The number of hydrogen-bond acceptors (Lipinski definition) is 7. The average Bonchev–Trinajstić information content (AvgIpc) is 3.30. The Labute approximate surface area is 196 Å². The van der Waals surface area contributed by atoms with Gasteiger partial charge in [0, 0.05) is 30.9 Å². The summed E-state index contributed by atoms with van der Waals surface area (Å²) in [6, 6.07) is 14.6. The lowest BCUT2D eigenvalue weighted by Gasteiger charge is -2.31. The Morgan fingerprint density at radius 2 is 1.61 bits per heavy atom. The largest absolute Gasteiger partial charge is 0.379 e. The molecule has 2 aromatic carbocycles. The summed E-state index contributed by atoms with van der Waals surface area (Å²) in [6.07, 6.45) is 0. The van der Waals surface area contributed by atoms with E-state index in [1.165, 1.54) is 15.6 Å². The number of morpholine rings is 2. The first-order valence-corrected chi connectivity index (χ1v) is 13.1. The van der Waals surface area contributed by atoms with Gasteiger partial charge in [0.2, 0.25) is 10.0 Å². The van der Waals surface area contributed by atoms with Gasteiger partial charge in [0.05, 0.1) is 47.6 Å². The van der Waals surface area contributed by atoms with Crippen molar-refractivity contribution in [3.8, 4) is 0 Å². The standard InChI is InChI=1S/C23H25N3O5S2/c27-23(22-15-17-3-1-2-4-21(17)32-22)24-19-16-18(33(28,29)26-9-13-31-14-10-26)5-6-20(19)25-7-11-30-12-8-25/h1-6,15-16H,7-14H2,(H,24,27). The second-order valence-corrected chi connectivity index (χ2v) is 10.9. The van der Waals surface area contributed by atoms with Gasteiger partial charge < -0.3 is 19.7 Å². The van der Waals surface area contributed by atoms with E-state index in [0.29, 0.717) is 63.2 Å². The van der Waals surface area contributed by atoms with Crippen molar-refractivity contribution in [1.29, 1.82) is 0 Å². The molecule has 33 heavy (non-hydrogen) atoms. The van der Waals surface area contributed by atoms with Gasteiger partial charge in [-0.3, -0.25) is 4.79 Å². The lowest BCUT2D eigenvalue weighted by Crippen LogP contribution is -2.40. The van der Waals surface area contributed by atoms with Gasteiger partial charge in [-0.15, -0.1) is 11.3 Å². The first-order valence-electron chi connectivity index (χ1n) is 10.9. The van der Waals surface area contributed by atoms with E-state index in [-0.39, 0.29) is 10.8 Å². The van der Waals surface area contributed by atoms with Crippen LogP contribution in [0, 0.1) is 0 Å². The summed E-state index contributed by atoms with van der Waals surface area (Å²) >= 11 is 1.41. The lowest BCUT2D eigenvalue weighted by molar-refractivity contribution is 0.0730. The topological polar surface area (TPSA) is 88.2 Å². The number of thiophene rings is 1. The second kappa shape index (κ2) is 9.40. The first-order chi connectivity index (χ1) is 16.0. The zero-order valence-electron chi connectivity index (χ0n) is 18.0.